The van der Waals surface area contributed by atoms with Gasteiger partial charge in [0, 0.05) is 0 Å². The quantitative estimate of drug-likeness (QED) is 0.249. The molecule has 228 valence electrons. The van der Waals surface area contributed by atoms with E-state index in [0.717, 1.165) is 57.7 Å². The van der Waals surface area contributed by atoms with Crippen molar-refractivity contribution >= 4 is 15.8 Å². The first-order valence-electron chi connectivity index (χ1n) is 18.5. The van der Waals surface area contributed by atoms with Gasteiger partial charge in [0.25, 0.3) is 0 Å². The van der Waals surface area contributed by atoms with Crippen LogP contribution < -0.4 is 0 Å². The molecule has 0 aromatic heterocycles. The summed E-state index contributed by atoms with van der Waals surface area (Å²) in [5, 5.41) is 2.66. The maximum absolute atomic E-state index is 2.55. The molecule has 0 saturated heterocycles. The highest BCUT2D eigenvalue weighted by atomic mass is 31.1. The first-order chi connectivity index (χ1) is 18.9. The molecule has 0 aromatic carbocycles. The van der Waals surface area contributed by atoms with E-state index in [1.807, 2.05) is 0 Å². The van der Waals surface area contributed by atoms with Crippen molar-refractivity contribution in [3.8, 4) is 0 Å². The van der Waals surface area contributed by atoms with E-state index >= 15 is 0 Å². The molecule has 0 N–H and O–H groups in total. The second kappa shape index (κ2) is 10.7. The summed E-state index contributed by atoms with van der Waals surface area (Å²) in [4.78, 5) is 0. The summed E-state index contributed by atoms with van der Waals surface area (Å²) in [6.07, 6.45) is 32.7. The molecule has 2 atom stereocenters. The summed E-state index contributed by atoms with van der Waals surface area (Å²) in [6, 6.07) is 0. The van der Waals surface area contributed by atoms with Gasteiger partial charge < -0.3 is 0 Å². The Morgan fingerprint density at radius 3 is 1.15 bits per heavy atom. The average molecular weight is 585 g/mol. The van der Waals surface area contributed by atoms with Crippen LogP contribution in [0, 0.1) is 47.3 Å². The molecule has 0 radical (unpaired) electrons. The Labute approximate surface area is 252 Å². The molecule has 2 unspecified atom stereocenters. The fourth-order valence-corrected chi connectivity index (χ4v) is 23.4. The Morgan fingerprint density at radius 1 is 0.500 bits per heavy atom. The molecule has 9 aliphatic carbocycles. The molecule has 0 aromatic rings. The standard InChI is InChI=1S/C38H66P2/c1-35(2,3)39(36(4,5)6)13-11-33-9-7-8-10-34(33)12-14-40(37-21-27-15-28(22-37)17-29(16-27)23-37)38-24-30-18-31(25-38)20-32(19-30)26-38/h27-34H,7-26H2,1-6H3. The normalized spacial score (nSPS) is 46.9. The first kappa shape index (κ1) is 29.6. The summed E-state index contributed by atoms with van der Waals surface area (Å²) in [5.41, 5.74) is 0. The molecule has 0 spiro atoms. The molecular formula is C38H66P2. The van der Waals surface area contributed by atoms with Gasteiger partial charge in [-0.2, -0.15) is 0 Å². The lowest BCUT2D eigenvalue weighted by molar-refractivity contribution is 0.0183. The van der Waals surface area contributed by atoms with Crippen LogP contribution in [-0.4, -0.2) is 32.9 Å². The van der Waals surface area contributed by atoms with Crippen LogP contribution in [-0.2, 0) is 0 Å². The van der Waals surface area contributed by atoms with Crippen molar-refractivity contribution in [1.82, 2.24) is 0 Å². The maximum Gasteiger partial charge on any atom is -0.00815 e. The maximum atomic E-state index is 2.55. The van der Waals surface area contributed by atoms with Gasteiger partial charge in [-0.15, -0.1) is 0 Å². The van der Waals surface area contributed by atoms with Gasteiger partial charge in [0.15, 0.2) is 0 Å². The van der Waals surface area contributed by atoms with E-state index in [-0.39, 0.29) is 15.8 Å². The van der Waals surface area contributed by atoms with Crippen LogP contribution >= 0.6 is 15.8 Å². The molecule has 9 fully saturated rings. The van der Waals surface area contributed by atoms with Crippen LogP contribution in [0.5, 0.6) is 0 Å². The van der Waals surface area contributed by atoms with E-state index in [9.17, 15) is 0 Å². The van der Waals surface area contributed by atoms with E-state index < -0.39 is 0 Å². The van der Waals surface area contributed by atoms with Crippen LogP contribution in [0.4, 0.5) is 0 Å². The SMILES string of the molecule is CC(C)(C)P(CCC1CCCCC1CCP(C12CC3CC(CC(C3)C1)C2)C12CC3CC(CC(C3)C1)C2)C(C)(C)C. The Hall–Kier alpha value is 0.860. The van der Waals surface area contributed by atoms with Crippen molar-refractivity contribution in [2.45, 2.75) is 178 Å². The van der Waals surface area contributed by atoms with Gasteiger partial charge in [-0.1, -0.05) is 83.1 Å². The summed E-state index contributed by atoms with van der Waals surface area (Å²) in [5.74, 6) is 8.96. The van der Waals surface area contributed by atoms with E-state index in [0.29, 0.717) is 10.3 Å². The van der Waals surface area contributed by atoms with Crippen LogP contribution in [0.1, 0.15) is 157 Å². The van der Waals surface area contributed by atoms with Gasteiger partial charge >= 0.3 is 0 Å². The van der Waals surface area contributed by atoms with Crippen LogP contribution in [0.15, 0.2) is 0 Å². The van der Waals surface area contributed by atoms with Crippen molar-refractivity contribution in [3.05, 3.63) is 0 Å². The van der Waals surface area contributed by atoms with E-state index in [1.165, 1.54) is 12.6 Å². The minimum absolute atomic E-state index is 0.0580. The number of rotatable bonds is 8. The largest absolute Gasteiger partial charge is 0.0956 e. The van der Waals surface area contributed by atoms with Crippen LogP contribution in [0.2, 0.25) is 0 Å². The highest BCUT2D eigenvalue weighted by molar-refractivity contribution is 7.61. The smallest absolute Gasteiger partial charge is 0.00815 e. The summed E-state index contributed by atoms with van der Waals surface area (Å²) < 4.78 is 0. The highest BCUT2D eigenvalue weighted by Crippen LogP contribution is 2.79. The van der Waals surface area contributed by atoms with Gasteiger partial charge in [-0.25, -0.2) is 0 Å². The highest BCUT2D eigenvalue weighted by Gasteiger charge is 2.62. The topological polar surface area (TPSA) is 0 Å². The third-order valence-corrected chi connectivity index (χ3v) is 22.3. The zero-order valence-corrected chi connectivity index (χ0v) is 29.4. The van der Waals surface area contributed by atoms with E-state index in [2.05, 4.69) is 41.5 Å². The number of hydrogen-bond donors (Lipinski definition) is 0. The minimum Gasteiger partial charge on any atom is -0.0956 e. The lowest BCUT2D eigenvalue weighted by Crippen LogP contribution is -2.57. The monoisotopic (exact) mass is 584 g/mol. The van der Waals surface area contributed by atoms with Crippen molar-refractivity contribution < 1.29 is 0 Å². The van der Waals surface area contributed by atoms with Gasteiger partial charge in [-0.05, 0) is 170 Å². The Balaban J connectivity index is 1.11. The molecule has 0 heterocycles. The van der Waals surface area contributed by atoms with Crippen molar-refractivity contribution in [1.29, 1.82) is 0 Å². The molecular weight excluding hydrogens is 518 g/mol. The zero-order valence-electron chi connectivity index (χ0n) is 27.7. The van der Waals surface area contributed by atoms with Crippen molar-refractivity contribution in [2.24, 2.45) is 47.3 Å². The average Bonchev–Trinajstić information content (AvgIpc) is 2.81. The molecule has 9 rings (SSSR count). The molecule has 9 saturated carbocycles. The van der Waals surface area contributed by atoms with Gasteiger partial charge in [-0.3, -0.25) is 0 Å². The van der Waals surface area contributed by atoms with Crippen molar-refractivity contribution in [3.63, 3.8) is 0 Å². The first-order valence-corrected chi connectivity index (χ1v) is 21.5. The fraction of sp³-hybridized carbons (Fsp3) is 1.00. The van der Waals surface area contributed by atoms with Crippen molar-refractivity contribution in [2.75, 3.05) is 12.3 Å². The molecule has 9 aliphatic rings. The summed E-state index contributed by atoms with van der Waals surface area (Å²) in [7, 11) is 0.251. The summed E-state index contributed by atoms with van der Waals surface area (Å²) >= 11 is 0. The molecule has 0 amide bonds. The lowest BCUT2D eigenvalue weighted by Gasteiger charge is -2.68. The summed E-state index contributed by atoms with van der Waals surface area (Å²) in [6.45, 7) is 15.3. The predicted octanol–water partition coefficient (Wildman–Crippen LogP) is 12.1. The third kappa shape index (κ3) is 5.59. The fourth-order valence-electron chi connectivity index (χ4n) is 14.1. The Morgan fingerprint density at radius 2 is 0.825 bits per heavy atom. The van der Waals surface area contributed by atoms with Gasteiger partial charge in [0.05, 0.1) is 0 Å². The zero-order chi connectivity index (χ0) is 27.9. The predicted molar refractivity (Wildman–Crippen MR) is 180 cm³/mol. The molecule has 2 heteroatoms. The van der Waals surface area contributed by atoms with Gasteiger partial charge in [0.1, 0.15) is 0 Å². The number of hydrogen-bond acceptors (Lipinski definition) is 0. The van der Waals surface area contributed by atoms with E-state index in [1.54, 1.807) is 115 Å². The second-order valence-electron chi connectivity index (χ2n) is 19.3. The molecule has 0 aliphatic heterocycles. The Kier molecular flexibility index (Phi) is 7.94. The molecule has 8 bridgehead atoms. The van der Waals surface area contributed by atoms with Crippen LogP contribution in [0.3, 0.4) is 0 Å². The van der Waals surface area contributed by atoms with E-state index in [4.69, 9.17) is 0 Å². The molecule has 40 heavy (non-hydrogen) atoms. The molecule has 0 nitrogen and oxygen atoms in total. The van der Waals surface area contributed by atoms with Crippen LogP contribution in [0.25, 0.3) is 0 Å². The minimum atomic E-state index is 0.0580. The lowest BCUT2D eigenvalue weighted by atomic mass is 9.55. The third-order valence-electron chi connectivity index (χ3n) is 14.3. The van der Waals surface area contributed by atoms with Gasteiger partial charge in [0.2, 0.25) is 0 Å². The Bertz CT molecular complexity index is 775. The second-order valence-corrected chi connectivity index (χ2v) is 26.5.